The Morgan fingerprint density at radius 3 is 2.82 bits per heavy atom. The molecule has 0 aliphatic rings. The molecule has 1 heterocycles. The molecule has 0 saturated carbocycles. The molecule has 0 aromatic carbocycles. The summed E-state index contributed by atoms with van der Waals surface area (Å²) in [6, 6.07) is 3.37. The molecule has 17 heavy (non-hydrogen) atoms. The van der Waals surface area contributed by atoms with Crippen molar-refractivity contribution in [3.63, 3.8) is 0 Å². The summed E-state index contributed by atoms with van der Waals surface area (Å²) in [7, 11) is 0. The Hall–Kier alpha value is -1.30. The second kappa shape index (κ2) is 6.44. The second-order valence-electron chi connectivity index (χ2n) is 3.55. The van der Waals surface area contributed by atoms with E-state index in [9.17, 15) is 13.2 Å². The van der Waals surface area contributed by atoms with E-state index in [-0.39, 0.29) is 5.88 Å². The van der Waals surface area contributed by atoms with Crippen molar-refractivity contribution in [2.45, 2.75) is 26.1 Å². The average Bonchev–Trinajstić information content (AvgIpc) is 2.27. The predicted octanol–water partition coefficient (Wildman–Crippen LogP) is 2.52. The second-order valence-corrected chi connectivity index (χ2v) is 3.55. The number of aromatic nitrogens is 1. The molecule has 0 aliphatic heterocycles. The molecule has 1 aromatic rings. The van der Waals surface area contributed by atoms with Crippen LogP contribution >= 0.6 is 0 Å². The van der Waals surface area contributed by atoms with Gasteiger partial charge in [-0.3, -0.25) is 0 Å². The van der Waals surface area contributed by atoms with E-state index in [2.05, 4.69) is 15.0 Å². The van der Waals surface area contributed by atoms with Crippen LogP contribution < -0.4 is 10.1 Å². The van der Waals surface area contributed by atoms with Gasteiger partial charge in [0.2, 0.25) is 5.88 Å². The Bertz CT molecular complexity index is 342. The lowest BCUT2D eigenvalue weighted by molar-refractivity contribution is -0.154. The number of halogens is 3. The summed E-state index contributed by atoms with van der Waals surface area (Å²) in [6.07, 6.45) is -1.97. The maximum Gasteiger partial charge on any atom is 0.422 e. The third kappa shape index (κ3) is 5.53. The van der Waals surface area contributed by atoms with Crippen molar-refractivity contribution in [2.75, 3.05) is 13.2 Å². The van der Waals surface area contributed by atoms with Gasteiger partial charge in [0.25, 0.3) is 0 Å². The minimum Gasteiger partial charge on any atom is -0.468 e. The lowest BCUT2D eigenvalue weighted by Crippen LogP contribution is -2.21. The highest BCUT2D eigenvalue weighted by Gasteiger charge is 2.29. The van der Waals surface area contributed by atoms with Gasteiger partial charge >= 0.3 is 6.18 Å². The highest BCUT2D eigenvalue weighted by atomic mass is 19.4. The summed E-state index contributed by atoms with van der Waals surface area (Å²) >= 11 is 0. The highest BCUT2D eigenvalue weighted by Crippen LogP contribution is 2.19. The zero-order chi connectivity index (χ0) is 12.7. The zero-order valence-corrected chi connectivity index (χ0v) is 9.55. The van der Waals surface area contributed by atoms with E-state index in [0.717, 1.165) is 13.0 Å². The SMILES string of the molecule is CCCNCc1cccnc1OCC(F)(F)F. The highest BCUT2D eigenvalue weighted by molar-refractivity contribution is 5.25. The molecule has 0 unspecified atom stereocenters. The summed E-state index contributed by atoms with van der Waals surface area (Å²) in [6.45, 7) is 1.95. The van der Waals surface area contributed by atoms with Crippen LogP contribution in [-0.4, -0.2) is 24.3 Å². The van der Waals surface area contributed by atoms with Crippen LogP contribution in [0.4, 0.5) is 13.2 Å². The molecular formula is C11H15F3N2O. The van der Waals surface area contributed by atoms with Crippen LogP contribution in [0.15, 0.2) is 18.3 Å². The van der Waals surface area contributed by atoms with Crippen molar-refractivity contribution in [1.29, 1.82) is 0 Å². The number of nitrogens with zero attached hydrogens (tertiary/aromatic N) is 1. The molecule has 0 radical (unpaired) electrons. The molecule has 0 amide bonds. The number of alkyl halides is 3. The van der Waals surface area contributed by atoms with Crippen molar-refractivity contribution in [1.82, 2.24) is 10.3 Å². The predicted molar refractivity (Wildman–Crippen MR) is 57.8 cm³/mol. The number of pyridine rings is 1. The summed E-state index contributed by atoms with van der Waals surface area (Å²) in [4.78, 5) is 3.80. The van der Waals surface area contributed by atoms with Gasteiger partial charge in [0.15, 0.2) is 6.61 Å². The molecule has 6 heteroatoms. The molecule has 0 aliphatic carbocycles. The molecule has 1 aromatic heterocycles. The fraction of sp³-hybridized carbons (Fsp3) is 0.545. The summed E-state index contributed by atoms with van der Waals surface area (Å²) in [5.41, 5.74) is 0.630. The average molecular weight is 248 g/mol. The normalized spacial score (nSPS) is 11.5. The monoisotopic (exact) mass is 248 g/mol. The third-order valence-electron chi connectivity index (χ3n) is 1.96. The van der Waals surface area contributed by atoms with Crippen LogP contribution in [0, 0.1) is 0 Å². The fourth-order valence-corrected chi connectivity index (χ4v) is 1.24. The van der Waals surface area contributed by atoms with Gasteiger partial charge < -0.3 is 10.1 Å². The maximum atomic E-state index is 12.0. The number of hydrogen-bond acceptors (Lipinski definition) is 3. The van der Waals surface area contributed by atoms with E-state index < -0.39 is 12.8 Å². The van der Waals surface area contributed by atoms with E-state index >= 15 is 0 Å². The summed E-state index contributed by atoms with van der Waals surface area (Å²) in [5, 5.41) is 3.09. The standard InChI is InChI=1S/C11H15F3N2O/c1-2-5-15-7-9-4-3-6-16-10(9)17-8-11(12,13)14/h3-4,6,15H,2,5,7-8H2,1H3. The Kier molecular flexibility index (Phi) is 5.21. The van der Waals surface area contributed by atoms with Gasteiger partial charge in [-0.05, 0) is 19.0 Å². The molecule has 0 spiro atoms. The maximum absolute atomic E-state index is 12.0. The first-order valence-electron chi connectivity index (χ1n) is 5.37. The van der Waals surface area contributed by atoms with Crippen molar-refractivity contribution < 1.29 is 17.9 Å². The number of hydrogen-bond donors (Lipinski definition) is 1. The first-order valence-corrected chi connectivity index (χ1v) is 5.37. The Morgan fingerprint density at radius 2 is 2.18 bits per heavy atom. The molecule has 0 atom stereocenters. The molecule has 1 N–H and O–H groups in total. The first kappa shape index (κ1) is 13.8. The van der Waals surface area contributed by atoms with Gasteiger partial charge in [0.1, 0.15) is 0 Å². The molecule has 1 rings (SSSR count). The summed E-state index contributed by atoms with van der Waals surface area (Å²) in [5.74, 6) is 0.0356. The lowest BCUT2D eigenvalue weighted by atomic mass is 10.2. The number of rotatable bonds is 6. The molecule has 0 saturated heterocycles. The van der Waals surface area contributed by atoms with Gasteiger partial charge in [0, 0.05) is 18.3 Å². The van der Waals surface area contributed by atoms with Crippen LogP contribution in [0.2, 0.25) is 0 Å². The van der Waals surface area contributed by atoms with Crippen LogP contribution in [0.1, 0.15) is 18.9 Å². The van der Waals surface area contributed by atoms with Crippen LogP contribution in [0.25, 0.3) is 0 Å². The molecule has 3 nitrogen and oxygen atoms in total. The Labute approximate surface area is 98.0 Å². The van der Waals surface area contributed by atoms with E-state index in [0.29, 0.717) is 12.1 Å². The number of ether oxygens (including phenoxy) is 1. The van der Waals surface area contributed by atoms with E-state index in [1.165, 1.54) is 6.20 Å². The summed E-state index contributed by atoms with van der Waals surface area (Å²) < 4.78 is 40.7. The Morgan fingerprint density at radius 1 is 1.41 bits per heavy atom. The minimum absolute atomic E-state index is 0.0356. The van der Waals surface area contributed by atoms with E-state index in [1.54, 1.807) is 12.1 Å². The number of nitrogens with one attached hydrogen (secondary N) is 1. The third-order valence-corrected chi connectivity index (χ3v) is 1.96. The van der Waals surface area contributed by atoms with Crippen LogP contribution in [0.3, 0.4) is 0 Å². The fourth-order valence-electron chi connectivity index (χ4n) is 1.24. The van der Waals surface area contributed by atoms with Crippen molar-refractivity contribution in [3.05, 3.63) is 23.9 Å². The van der Waals surface area contributed by atoms with E-state index in [1.807, 2.05) is 6.92 Å². The Balaban J connectivity index is 2.58. The van der Waals surface area contributed by atoms with Gasteiger partial charge in [-0.2, -0.15) is 13.2 Å². The topological polar surface area (TPSA) is 34.2 Å². The molecule has 0 bridgehead atoms. The van der Waals surface area contributed by atoms with Gasteiger partial charge in [0.05, 0.1) is 0 Å². The van der Waals surface area contributed by atoms with Crippen LogP contribution in [-0.2, 0) is 6.54 Å². The lowest BCUT2D eigenvalue weighted by Gasteiger charge is -2.12. The van der Waals surface area contributed by atoms with Crippen molar-refractivity contribution >= 4 is 0 Å². The molecular weight excluding hydrogens is 233 g/mol. The largest absolute Gasteiger partial charge is 0.468 e. The van der Waals surface area contributed by atoms with Gasteiger partial charge in [-0.25, -0.2) is 4.98 Å². The van der Waals surface area contributed by atoms with Crippen molar-refractivity contribution in [3.8, 4) is 5.88 Å². The molecule has 0 fully saturated rings. The van der Waals surface area contributed by atoms with Gasteiger partial charge in [-0.15, -0.1) is 0 Å². The van der Waals surface area contributed by atoms with Gasteiger partial charge in [-0.1, -0.05) is 13.0 Å². The van der Waals surface area contributed by atoms with E-state index in [4.69, 9.17) is 0 Å². The smallest absolute Gasteiger partial charge is 0.422 e. The first-order chi connectivity index (χ1) is 8.03. The molecule has 96 valence electrons. The minimum atomic E-state index is -4.34. The zero-order valence-electron chi connectivity index (χ0n) is 9.55. The van der Waals surface area contributed by atoms with Crippen molar-refractivity contribution in [2.24, 2.45) is 0 Å². The quantitative estimate of drug-likeness (QED) is 0.785. The van der Waals surface area contributed by atoms with Crippen LogP contribution in [0.5, 0.6) is 5.88 Å².